The molecule has 96 valence electrons. The van der Waals surface area contributed by atoms with Crippen molar-refractivity contribution < 1.29 is 9.26 Å². The number of rotatable bonds is 4. The van der Waals surface area contributed by atoms with Gasteiger partial charge in [0.1, 0.15) is 6.61 Å². The summed E-state index contributed by atoms with van der Waals surface area (Å²) in [6.45, 7) is 10.7. The molecule has 0 aromatic carbocycles. The number of aromatic nitrogens is 2. The molecule has 0 aliphatic carbocycles. The Hall–Kier alpha value is -0.940. The van der Waals surface area contributed by atoms with E-state index >= 15 is 0 Å². The molecular weight excluding hydrogens is 218 g/mol. The SMILES string of the molecule is CC(C)(C)Cc1noc(COC2(C)CNC2)n1. The van der Waals surface area contributed by atoms with Gasteiger partial charge in [-0.1, -0.05) is 25.9 Å². The molecule has 0 amide bonds. The van der Waals surface area contributed by atoms with Crippen molar-refractivity contribution in [1.29, 1.82) is 0 Å². The van der Waals surface area contributed by atoms with Crippen molar-refractivity contribution in [2.24, 2.45) is 5.41 Å². The summed E-state index contributed by atoms with van der Waals surface area (Å²) in [7, 11) is 0. The first-order valence-electron chi connectivity index (χ1n) is 6.03. The van der Waals surface area contributed by atoms with Crippen molar-refractivity contribution in [2.75, 3.05) is 13.1 Å². The van der Waals surface area contributed by atoms with Gasteiger partial charge in [-0.15, -0.1) is 0 Å². The second kappa shape index (κ2) is 4.38. The van der Waals surface area contributed by atoms with Gasteiger partial charge in [-0.3, -0.25) is 0 Å². The van der Waals surface area contributed by atoms with Crippen molar-refractivity contribution in [2.45, 2.75) is 46.3 Å². The monoisotopic (exact) mass is 239 g/mol. The molecule has 2 rings (SSSR count). The highest BCUT2D eigenvalue weighted by atomic mass is 16.5. The number of nitrogens with one attached hydrogen (secondary N) is 1. The van der Waals surface area contributed by atoms with Crippen LogP contribution in [0.2, 0.25) is 0 Å². The standard InChI is InChI=1S/C12H21N3O2/c1-11(2,3)5-9-14-10(17-15-9)6-16-12(4)7-13-8-12/h13H,5-8H2,1-4H3. The van der Waals surface area contributed by atoms with Crippen LogP contribution in [0.1, 0.15) is 39.4 Å². The average Bonchev–Trinajstić information content (AvgIpc) is 2.57. The van der Waals surface area contributed by atoms with Gasteiger partial charge < -0.3 is 14.6 Å². The van der Waals surface area contributed by atoms with E-state index in [2.05, 4.69) is 43.2 Å². The molecule has 1 aliphatic rings. The summed E-state index contributed by atoms with van der Waals surface area (Å²) in [5.74, 6) is 1.32. The van der Waals surface area contributed by atoms with Crippen LogP contribution < -0.4 is 5.32 Å². The molecule has 0 bridgehead atoms. The molecule has 0 spiro atoms. The topological polar surface area (TPSA) is 60.2 Å². The van der Waals surface area contributed by atoms with Crippen molar-refractivity contribution in [3.05, 3.63) is 11.7 Å². The number of hydrogen-bond donors (Lipinski definition) is 1. The lowest BCUT2D eigenvalue weighted by molar-refractivity contribution is -0.0841. The van der Waals surface area contributed by atoms with Gasteiger partial charge in [0.15, 0.2) is 5.82 Å². The Bertz CT molecular complexity index is 377. The Morgan fingerprint density at radius 3 is 2.65 bits per heavy atom. The zero-order valence-corrected chi connectivity index (χ0v) is 11.0. The minimum Gasteiger partial charge on any atom is -0.363 e. The van der Waals surface area contributed by atoms with E-state index < -0.39 is 0 Å². The predicted molar refractivity (Wildman–Crippen MR) is 63.5 cm³/mol. The molecule has 17 heavy (non-hydrogen) atoms. The Balaban J connectivity index is 1.85. The van der Waals surface area contributed by atoms with Crippen LogP contribution in [0.4, 0.5) is 0 Å². The van der Waals surface area contributed by atoms with Gasteiger partial charge in [0.2, 0.25) is 0 Å². The van der Waals surface area contributed by atoms with E-state index in [9.17, 15) is 0 Å². The molecule has 0 unspecified atom stereocenters. The molecular formula is C12H21N3O2. The highest BCUT2D eigenvalue weighted by molar-refractivity contribution is 4.92. The maximum atomic E-state index is 5.74. The number of ether oxygens (including phenoxy) is 1. The zero-order valence-electron chi connectivity index (χ0n) is 11.0. The second-order valence-electron chi connectivity index (χ2n) is 6.18. The first kappa shape index (κ1) is 12.5. The van der Waals surface area contributed by atoms with Crippen molar-refractivity contribution in [3.63, 3.8) is 0 Å². The predicted octanol–water partition coefficient (Wildman–Crippen LogP) is 1.54. The highest BCUT2D eigenvalue weighted by Gasteiger charge is 2.33. The lowest BCUT2D eigenvalue weighted by Gasteiger charge is -2.38. The summed E-state index contributed by atoms with van der Waals surface area (Å²) < 4.78 is 10.9. The van der Waals surface area contributed by atoms with Gasteiger partial charge in [0.25, 0.3) is 5.89 Å². The first-order valence-corrected chi connectivity index (χ1v) is 6.03. The molecule has 1 aromatic rings. The van der Waals surface area contributed by atoms with Crippen LogP contribution >= 0.6 is 0 Å². The highest BCUT2D eigenvalue weighted by Crippen LogP contribution is 2.20. The summed E-state index contributed by atoms with van der Waals surface area (Å²) in [6.07, 6.45) is 0.815. The van der Waals surface area contributed by atoms with Crippen LogP contribution in [0, 0.1) is 5.41 Å². The van der Waals surface area contributed by atoms with Crippen molar-refractivity contribution in [1.82, 2.24) is 15.5 Å². The third-order valence-corrected chi connectivity index (χ3v) is 2.74. The van der Waals surface area contributed by atoms with Gasteiger partial charge >= 0.3 is 0 Å². The lowest BCUT2D eigenvalue weighted by atomic mass is 9.92. The summed E-state index contributed by atoms with van der Waals surface area (Å²) in [6, 6.07) is 0. The van der Waals surface area contributed by atoms with Gasteiger partial charge in [0, 0.05) is 19.5 Å². The van der Waals surface area contributed by atoms with Crippen LogP contribution in [0.3, 0.4) is 0 Å². The minimum atomic E-state index is -0.0708. The third kappa shape index (κ3) is 3.51. The molecule has 0 atom stereocenters. The molecule has 1 aliphatic heterocycles. The van der Waals surface area contributed by atoms with Crippen molar-refractivity contribution in [3.8, 4) is 0 Å². The Labute approximate surface area is 102 Å². The first-order chi connectivity index (χ1) is 7.86. The number of nitrogens with zero attached hydrogens (tertiary/aromatic N) is 2. The molecule has 1 N–H and O–H groups in total. The van der Waals surface area contributed by atoms with Crippen molar-refractivity contribution >= 4 is 0 Å². The van der Waals surface area contributed by atoms with E-state index in [1.807, 2.05) is 0 Å². The van der Waals surface area contributed by atoms with Crippen LogP contribution in [0.5, 0.6) is 0 Å². The fourth-order valence-electron chi connectivity index (χ4n) is 1.71. The molecule has 1 fully saturated rings. The van der Waals surface area contributed by atoms with Gasteiger partial charge in [-0.25, -0.2) is 0 Å². The van der Waals surface area contributed by atoms with Crippen LogP contribution in [0.25, 0.3) is 0 Å². The smallest absolute Gasteiger partial charge is 0.252 e. The maximum Gasteiger partial charge on any atom is 0.252 e. The Morgan fingerprint density at radius 1 is 1.41 bits per heavy atom. The Kier molecular flexibility index (Phi) is 3.23. The summed E-state index contributed by atoms with van der Waals surface area (Å²) in [5.41, 5.74) is 0.102. The second-order valence-corrected chi connectivity index (χ2v) is 6.18. The molecule has 1 saturated heterocycles. The Morgan fingerprint density at radius 2 is 2.12 bits per heavy atom. The molecule has 0 saturated carbocycles. The van der Waals surface area contributed by atoms with E-state index in [1.165, 1.54) is 0 Å². The fraction of sp³-hybridized carbons (Fsp3) is 0.833. The lowest BCUT2D eigenvalue weighted by Crippen LogP contribution is -2.58. The van der Waals surface area contributed by atoms with Gasteiger partial charge in [-0.05, 0) is 12.3 Å². The summed E-state index contributed by atoms with van der Waals surface area (Å²) in [5, 5.41) is 7.15. The van der Waals surface area contributed by atoms with E-state index in [0.717, 1.165) is 25.3 Å². The molecule has 2 heterocycles. The quantitative estimate of drug-likeness (QED) is 0.863. The van der Waals surface area contributed by atoms with E-state index in [1.54, 1.807) is 0 Å². The number of hydrogen-bond acceptors (Lipinski definition) is 5. The normalized spacial score (nSPS) is 19.1. The summed E-state index contributed by atoms with van der Waals surface area (Å²) in [4.78, 5) is 4.33. The van der Waals surface area contributed by atoms with Gasteiger partial charge in [0.05, 0.1) is 5.60 Å². The summed E-state index contributed by atoms with van der Waals surface area (Å²) >= 11 is 0. The van der Waals surface area contributed by atoms with E-state index in [0.29, 0.717) is 12.5 Å². The van der Waals surface area contributed by atoms with E-state index in [4.69, 9.17) is 9.26 Å². The molecule has 1 aromatic heterocycles. The van der Waals surface area contributed by atoms with Crippen LogP contribution in [0.15, 0.2) is 4.52 Å². The zero-order chi connectivity index (χ0) is 12.5. The third-order valence-electron chi connectivity index (χ3n) is 2.74. The molecule has 0 radical (unpaired) electrons. The van der Waals surface area contributed by atoms with Crippen LogP contribution in [-0.2, 0) is 17.8 Å². The maximum absolute atomic E-state index is 5.74. The molecule has 5 nitrogen and oxygen atoms in total. The molecule has 5 heteroatoms. The van der Waals surface area contributed by atoms with E-state index in [-0.39, 0.29) is 11.0 Å². The average molecular weight is 239 g/mol. The van der Waals surface area contributed by atoms with Crippen LogP contribution in [-0.4, -0.2) is 28.8 Å². The largest absolute Gasteiger partial charge is 0.363 e. The fourth-order valence-corrected chi connectivity index (χ4v) is 1.71. The minimum absolute atomic E-state index is 0.0708. The van der Waals surface area contributed by atoms with Gasteiger partial charge in [-0.2, -0.15) is 4.98 Å².